The molecule has 0 bridgehead atoms. The van der Waals surface area contributed by atoms with Gasteiger partial charge in [0.25, 0.3) is 0 Å². The third kappa shape index (κ3) is 2.65. The van der Waals surface area contributed by atoms with E-state index in [1.165, 1.54) is 64.8 Å². The fourth-order valence-electron chi connectivity index (χ4n) is 3.50. The van der Waals surface area contributed by atoms with Crippen LogP contribution in [0.1, 0.15) is 32.1 Å². The zero-order valence-electron chi connectivity index (χ0n) is 10.9. The Hall–Kier alpha value is -0.160. The molecule has 0 aliphatic carbocycles. The molecular weight excluding hydrogens is 212 g/mol. The lowest BCUT2D eigenvalue weighted by Crippen LogP contribution is -2.64. The lowest BCUT2D eigenvalue weighted by Gasteiger charge is -2.47. The highest BCUT2D eigenvalue weighted by molar-refractivity contribution is 4.82. The first kappa shape index (κ1) is 11.9. The predicted octanol–water partition coefficient (Wildman–Crippen LogP) is 0.714. The summed E-state index contributed by atoms with van der Waals surface area (Å²) >= 11 is 0. The standard InChI is InChI=1S/C13H26N4/c1-2-7-15(8-3-1)13-12-14-6-11-17(13)16-9-4-5-10-16/h13-14H,1-12H2. The van der Waals surface area contributed by atoms with Crippen molar-refractivity contribution in [2.45, 2.75) is 38.3 Å². The van der Waals surface area contributed by atoms with Crippen LogP contribution in [0.25, 0.3) is 0 Å². The summed E-state index contributed by atoms with van der Waals surface area (Å²) < 4.78 is 0. The topological polar surface area (TPSA) is 21.8 Å². The number of nitrogens with one attached hydrogen (secondary N) is 1. The summed E-state index contributed by atoms with van der Waals surface area (Å²) in [7, 11) is 0. The maximum absolute atomic E-state index is 3.58. The molecule has 3 rings (SSSR count). The summed E-state index contributed by atoms with van der Waals surface area (Å²) in [6.07, 6.45) is 7.62. The molecule has 3 saturated heterocycles. The SMILES string of the molecule is C1CCN(C2CNCCN2N2CCCC2)CC1. The minimum Gasteiger partial charge on any atom is -0.312 e. The van der Waals surface area contributed by atoms with Gasteiger partial charge in [0.1, 0.15) is 0 Å². The molecular formula is C13H26N4. The van der Waals surface area contributed by atoms with Gasteiger partial charge < -0.3 is 5.32 Å². The predicted molar refractivity (Wildman–Crippen MR) is 69.6 cm³/mol. The summed E-state index contributed by atoms with van der Waals surface area (Å²) in [5, 5.41) is 8.85. The monoisotopic (exact) mass is 238 g/mol. The molecule has 0 radical (unpaired) electrons. The lowest BCUT2D eigenvalue weighted by atomic mass is 10.1. The number of hydrogen-bond acceptors (Lipinski definition) is 4. The van der Waals surface area contributed by atoms with Crippen molar-refractivity contribution in [1.82, 2.24) is 20.2 Å². The molecule has 0 aromatic heterocycles. The smallest absolute Gasteiger partial charge is 0.0886 e. The summed E-state index contributed by atoms with van der Waals surface area (Å²) in [5.74, 6) is 0. The van der Waals surface area contributed by atoms with Crippen LogP contribution in [0.4, 0.5) is 0 Å². The molecule has 98 valence electrons. The normalized spacial score (nSPS) is 34.2. The van der Waals surface area contributed by atoms with Crippen molar-refractivity contribution in [2.24, 2.45) is 0 Å². The fourth-order valence-corrected chi connectivity index (χ4v) is 3.50. The molecule has 3 aliphatic rings. The summed E-state index contributed by atoms with van der Waals surface area (Å²) in [5.41, 5.74) is 0. The molecule has 0 aromatic rings. The minimum absolute atomic E-state index is 0.627. The molecule has 17 heavy (non-hydrogen) atoms. The second-order valence-corrected chi connectivity index (χ2v) is 5.61. The highest BCUT2D eigenvalue weighted by Crippen LogP contribution is 2.20. The van der Waals surface area contributed by atoms with Crippen LogP contribution in [-0.2, 0) is 0 Å². The number of likely N-dealkylation sites (tertiary alicyclic amines) is 1. The van der Waals surface area contributed by atoms with E-state index in [0.717, 1.165) is 13.1 Å². The van der Waals surface area contributed by atoms with Gasteiger partial charge >= 0.3 is 0 Å². The largest absolute Gasteiger partial charge is 0.312 e. The molecule has 0 aromatic carbocycles. The molecule has 1 atom stereocenters. The minimum atomic E-state index is 0.627. The van der Waals surface area contributed by atoms with Crippen molar-refractivity contribution in [1.29, 1.82) is 0 Å². The van der Waals surface area contributed by atoms with E-state index in [1.54, 1.807) is 0 Å². The van der Waals surface area contributed by atoms with Gasteiger partial charge in [-0.2, -0.15) is 0 Å². The van der Waals surface area contributed by atoms with Gasteiger partial charge in [0.05, 0.1) is 6.17 Å². The van der Waals surface area contributed by atoms with Crippen LogP contribution >= 0.6 is 0 Å². The number of hydrogen-bond donors (Lipinski definition) is 1. The molecule has 0 amide bonds. The van der Waals surface area contributed by atoms with E-state index in [4.69, 9.17) is 0 Å². The van der Waals surface area contributed by atoms with Gasteiger partial charge in [-0.1, -0.05) is 6.42 Å². The van der Waals surface area contributed by atoms with Crippen LogP contribution < -0.4 is 5.32 Å². The lowest BCUT2D eigenvalue weighted by molar-refractivity contribution is -0.116. The van der Waals surface area contributed by atoms with E-state index in [-0.39, 0.29) is 0 Å². The number of nitrogens with zero attached hydrogens (tertiary/aromatic N) is 3. The number of hydrazine groups is 1. The van der Waals surface area contributed by atoms with Crippen LogP contribution in [-0.4, -0.2) is 66.9 Å². The Morgan fingerprint density at radius 3 is 2.24 bits per heavy atom. The van der Waals surface area contributed by atoms with Crippen molar-refractivity contribution >= 4 is 0 Å². The van der Waals surface area contributed by atoms with Crippen LogP contribution in [0.2, 0.25) is 0 Å². The van der Waals surface area contributed by atoms with Crippen LogP contribution in [0.5, 0.6) is 0 Å². The van der Waals surface area contributed by atoms with Crippen LogP contribution in [0.15, 0.2) is 0 Å². The van der Waals surface area contributed by atoms with Gasteiger partial charge in [-0.3, -0.25) is 4.90 Å². The van der Waals surface area contributed by atoms with Gasteiger partial charge in [-0.05, 0) is 38.8 Å². The average Bonchev–Trinajstić information content (AvgIpc) is 2.94. The highest BCUT2D eigenvalue weighted by atomic mass is 15.7. The molecule has 0 saturated carbocycles. The summed E-state index contributed by atoms with van der Waals surface area (Å²) in [6.45, 7) is 8.67. The Morgan fingerprint density at radius 1 is 0.765 bits per heavy atom. The number of piperazine rings is 1. The molecule has 3 heterocycles. The Balaban J connectivity index is 1.65. The van der Waals surface area contributed by atoms with Gasteiger partial charge in [0.15, 0.2) is 0 Å². The van der Waals surface area contributed by atoms with E-state index < -0.39 is 0 Å². The van der Waals surface area contributed by atoms with Crippen molar-refractivity contribution in [3.63, 3.8) is 0 Å². The van der Waals surface area contributed by atoms with Crippen molar-refractivity contribution in [2.75, 3.05) is 45.8 Å². The molecule has 0 spiro atoms. The van der Waals surface area contributed by atoms with Crippen molar-refractivity contribution < 1.29 is 0 Å². The Labute approximate surface area is 105 Å². The second kappa shape index (κ2) is 5.65. The molecule has 3 aliphatic heterocycles. The van der Waals surface area contributed by atoms with E-state index in [1.807, 2.05) is 0 Å². The first-order valence-corrected chi connectivity index (χ1v) is 7.41. The van der Waals surface area contributed by atoms with E-state index in [0.29, 0.717) is 6.17 Å². The quantitative estimate of drug-likeness (QED) is 0.765. The second-order valence-electron chi connectivity index (χ2n) is 5.61. The van der Waals surface area contributed by atoms with Crippen LogP contribution in [0, 0.1) is 0 Å². The summed E-state index contributed by atoms with van der Waals surface area (Å²) in [6, 6.07) is 0. The third-order valence-corrected chi connectivity index (χ3v) is 4.45. The highest BCUT2D eigenvalue weighted by Gasteiger charge is 2.33. The Morgan fingerprint density at radius 2 is 1.47 bits per heavy atom. The molecule has 4 nitrogen and oxygen atoms in total. The third-order valence-electron chi connectivity index (χ3n) is 4.45. The maximum Gasteiger partial charge on any atom is 0.0886 e. The number of piperidine rings is 1. The van der Waals surface area contributed by atoms with E-state index in [9.17, 15) is 0 Å². The van der Waals surface area contributed by atoms with Crippen molar-refractivity contribution in [3.05, 3.63) is 0 Å². The molecule has 1 N–H and O–H groups in total. The Bertz CT molecular complexity index is 234. The average molecular weight is 238 g/mol. The van der Waals surface area contributed by atoms with E-state index >= 15 is 0 Å². The number of rotatable bonds is 2. The Kier molecular flexibility index (Phi) is 3.96. The first-order valence-electron chi connectivity index (χ1n) is 7.41. The maximum atomic E-state index is 3.58. The van der Waals surface area contributed by atoms with Gasteiger partial charge in [-0.15, -0.1) is 0 Å². The first-order chi connectivity index (χ1) is 8.45. The molecule has 4 heteroatoms. The van der Waals surface area contributed by atoms with Crippen molar-refractivity contribution in [3.8, 4) is 0 Å². The zero-order valence-corrected chi connectivity index (χ0v) is 10.9. The van der Waals surface area contributed by atoms with Gasteiger partial charge in [0, 0.05) is 32.7 Å². The molecule has 1 unspecified atom stereocenters. The van der Waals surface area contributed by atoms with Gasteiger partial charge in [0.2, 0.25) is 0 Å². The van der Waals surface area contributed by atoms with E-state index in [2.05, 4.69) is 20.2 Å². The van der Waals surface area contributed by atoms with Gasteiger partial charge in [-0.25, -0.2) is 10.0 Å². The summed E-state index contributed by atoms with van der Waals surface area (Å²) in [4.78, 5) is 2.70. The molecule has 3 fully saturated rings. The fraction of sp³-hybridized carbons (Fsp3) is 1.00. The van der Waals surface area contributed by atoms with Crippen LogP contribution in [0.3, 0.4) is 0 Å². The zero-order chi connectivity index (χ0) is 11.5.